The van der Waals surface area contributed by atoms with Gasteiger partial charge < -0.3 is 19.7 Å². The van der Waals surface area contributed by atoms with Gasteiger partial charge in [-0.15, -0.1) is 0 Å². The van der Waals surface area contributed by atoms with Crippen molar-refractivity contribution < 1.29 is 9.47 Å². The first-order chi connectivity index (χ1) is 8.83. The molecule has 2 aliphatic heterocycles. The minimum Gasteiger partial charge on any atom is -0.379 e. The number of ether oxygens (including phenoxy) is 2. The summed E-state index contributed by atoms with van der Waals surface area (Å²) >= 11 is 0. The predicted molar refractivity (Wildman–Crippen MR) is 72.9 cm³/mol. The number of nitrogens with zero attached hydrogens (tertiary/aromatic N) is 1. The quantitative estimate of drug-likeness (QED) is 0.772. The maximum Gasteiger partial charge on any atom is 0.0623 e. The number of piperidine rings is 1. The third kappa shape index (κ3) is 3.92. The van der Waals surface area contributed by atoms with Gasteiger partial charge in [-0.2, -0.15) is 0 Å². The smallest absolute Gasteiger partial charge is 0.0623 e. The van der Waals surface area contributed by atoms with Crippen LogP contribution < -0.4 is 5.32 Å². The van der Waals surface area contributed by atoms with E-state index < -0.39 is 0 Å². The highest BCUT2D eigenvalue weighted by Crippen LogP contribution is 2.19. The van der Waals surface area contributed by atoms with E-state index in [1.807, 2.05) is 0 Å². The molecule has 2 aliphatic rings. The van der Waals surface area contributed by atoms with Crippen LogP contribution >= 0.6 is 0 Å². The van der Waals surface area contributed by atoms with Crippen molar-refractivity contribution in [2.75, 3.05) is 46.0 Å². The van der Waals surface area contributed by atoms with Crippen LogP contribution in [0.2, 0.25) is 0 Å². The number of hydrogen-bond acceptors (Lipinski definition) is 4. The van der Waals surface area contributed by atoms with Gasteiger partial charge in [-0.3, -0.25) is 0 Å². The highest BCUT2D eigenvalue weighted by atomic mass is 16.5. The zero-order chi connectivity index (χ0) is 12.8. The van der Waals surface area contributed by atoms with Gasteiger partial charge in [0.25, 0.3) is 0 Å². The van der Waals surface area contributed by atoms with Crippen molar-refractivity contribution in [2.24, 2.45) is 5.92 Å². The Labute approximate surface area is 111 Å². The summed E-state index contributed by atoms with van der Waals surface area (Å²) in [7, 11) is 0. The molecule has 0 bridgehead atoms. The molecule has 0 aromatic carbocycles. The molecule has 0 spiro atoms. The Morgan fingerprint density at radius 3 is 2.67 bits per heavy atom. The fraction of sp³-hybridized carbons (Fsp3) is 1.00. The molecule has 2 atom stereocenters. The lowest BCUT2D eigenvalue weighted by molar-refractivity contribution is 0.0102. The lowest BCUT2D eigenvalue weighted by atomic mass is 10.0. The minimum absolute atomic E-state index is 0.496. The second-order valence-electron chi connectivity index (χ2n) is 5.42. The van der Waals surface area contributed by atoms with Crippen molar-refractivity contribution in [3.63, 3.8) is 0 Å². The average molecular weight is 256 g/mol. The molecule has 0 aliphatic carbocycles. The predicted octanol–water partition coefficient (Wildman–Crippen LogP) is 1.11. The molecule has 2 rings (SSSR count). The van der Waals surface area contributed by atoms with E-state index in [0.29, 0.717) is 18.1 Å². The van der Waals surface area contributed by atoms with E-state index in [1.165, 1.54) is 32.5 Å². The summed E-state index contributed by atoms with van der Waals surface area (Å²) in [6.07, 6.45) is 2.87. The lowest BCUT2D eigenvalue weighted by Crippen LogP contribution is -2.45. The summed E-state index contributed by atoms with van der Waals surface area (Å²) < 4.78 is 11.3. The molecular weight excluding hydrogens is 228 g/mol. The topological polar surface area (TPSA) is 33.7 Å². The maximum atomic E-state index is 5.70. The van der Waals surface area contributed by atoms with Gasteiger partial charge in [0, 0.05) is 38.2 Å². The normalized spacial score (nSPS) is 31.0. The monoisotopic (exact) mass is 256 g/mol. The Balaban J connectivity index is 1.70. The molecule has 2 fully saturated rings. The van der Waals surface area contributed by atoms with Crippen molar-refractivity contribution in [1.29, 1.82) is 0 Å². The van der Waals surface area contributed by atoms with Gasteiger partial charge in [-0.05, 0) is 26.3 Å². The number of hydrogen-bond donors (Lipinski definition) is 1. The molecule has 2 saturated heterocycles. The van der Waals surface area contributed by atoms with Gasteiger partial charge in [0.05, 0.1) is 19.3 Å². The van der Waals surface area contributed by atoms with Crippen LogP contribution in [-0.2, 0) is 9.47 Å². The van der Waals surface area contributed by atoms with Gasteiger partial charge in [0.15, 0.2) is 0 Å². The van der Waals surface area contributed by atoms with Crippen LogP contribution in [0.25, 0.3) is 0 Å². The standard InChI is InChI=1S/C14H28N2O2/c1-3-15-14-11-17-10-12(14)9-16-7-5-13(6-8-16)18-4-2/h12-15H,3-11H2,1-2H3. The fourth-order valence-electron chi connectivity index (χ4n) is 3.09. The van der Waals surface area contributed by atoms with Crippen molar-refractivity contribution in [3.8, 4) is 0 Å². The van der Waals surface area contributed by atoms with E-state index in [2.05, 4.69) is 24.1 Å². The molecule has 0 amide bonds. The lowest BCUT2D eigenvalue weighted by Gasteiger charge is -2.34. The summed E-state index contributed by atoms with van der Waals surface area (Å²) in [6, 6.07) is 0.555. The van der Waals surface area contributed by atoms with Crippen LogP contribution in [0.4, 0.5) is 0 Å². The first kappa shape index (κ1) is 14.3. The third-order valence-electron chi connectivity index (χ3n) is 4.09. The number of rotatable bonds is 6. The van der Waals surface area contributed by atoms with Crippen molar-refractivity contribution >= 4 is 0 Å². The summed E-state index contributed by atoms with van der Waals surface area (Å²) in [4.78, 5) is 2.58. The third-order valence-corrected chi connectivity index (χ3v) is 4.09. The Kier molecular flexibility index (Phi) is 5.89. The summed E-state index contributed by atoms with van der Waals surface area (Å²) in [5.74, 6) is 0.661. The molecule has 0 aromatic heterocycles. The van der Waals surface area contributed by atoms with Crippen molar-refractivity contribution in [2.45, 2.75) is 38.8 Å². The van der Waals surface area contributed by atoms with Crippen molar-refractivity contribution in [3.05, 3.63) is 0 Å². The Morgan fingerprint density at radius 1 is 1.22 bits per heavy atom. The van der Waals surface area contributed by atoms with E-state index in [-0.39, 0.29) is 0 Å². The Bertz CT molecular complexity index is 230. The van der Waals surface area contributed by atoms with Gasteiger partial charge in [-0.1, -0.05) is 6.92 Å². The van der Waals surface area contributed by atoms with E-state index in [9.17, 15) is 0 Å². The zero-order valence-corrected chi connectivity index (χ0v) is 11.9. The second-order valence-corrected chi connectivity index (χ2v) is 5.42. The fourth-order valence-corrected chi connectivity index (χ4v) is 3.09. The summed E-state index contributed by atoms with van der Waals surface area (Å²) in [6.45, 7) is 11.5. The van der Waals surface area contributed by atoms with Gasteiger partial charge in [0.1, 0.15) is 0 Å². The average Bonchev–Trinajstić information content (AvgIpc) is 2.80. The van der Waals surface area contributed by atoms with Gasteiger partial charge in [-0.25, -0.2) is 0 Å². The number of nitrogens with one attached hydrogen (secondary N) is 1. The van der Waals surface area contributed by atoms with E-state index in [1.54, 1.807) is 0 Å². The van der Waals surface area contributed by atoms with Gasteiger partial charge >= 0.3 is 0 Å². The summed E-state index contributed by atoms with van der Waals surface area (Å²) in [5.41, 5.74) is 0. The van der Waals surface area contributed by atoms with E-state index >= 15 is 0 Å². The minimum atomic E-state index is 0.496. The van der Waals surface area contributed by atoms with Crippen LogP contribution in [0.3, 0.4) is 0 Å². The van der Waals surface area contributed by atoms with Crippen LogP contribution in [0.15, 0.2) is 0 Å². The number of likely N-dealkylation sites (tertiary alicyclic amines) is 1. The molecule has 0 radical (unpaired) electrons. The molecule has 0 saturated carbocycles. The molecule has 0 aromatic rings. The first-order valence-corrected chi connectivity index (χ1v) is 7.48. The highest BCUT2D eigenvalue weighted by molar-refractivity contribution is 4.85. The molecule has 1 N–H and O–H groups in total. The van der Waals surface area contributed by atoms with Crippen LogP contribution in [-0.4, -0.2) is 63.0 Å². The molecule has 4 nitrogen and oxygen atoms in total. The van der Waals surface area contributed by atoms with E-state index in [0.717, 1.165) is 26.4 Å². The SMILES string of the molecule is CCNC1COCC1CN1CCC(OCC)CC1. The van der Waals surface area contributed by atoms with Crippen molar-refractivity contribution in [1.82, 2.24) is 10.2 Å². The first-order valence-electron chi connectivity index (χ1n) is 7.48. The molecule has 2 heterocycles. The zero-order valence-electron chi connectivity index (χ0n) is 11.9. The second kappa shape index (κ2) is 7.43. The molecular formula is C14H28N2O2. The van der Waals surface area contributed by atoms with Crippen LogP contribution in [0, 0.1) is 5.92 Å². The molecule has 106 valence electrons. The molecule has 2 unspecified atom stereocenters. The number of likely N-dealkylation sites (N-methyl/N-ethyl adjacent to an activating group) is 1. The maximum absolute atomic E-state index is 5.70. The van der Waals surface area contributed by atoms with Gasteiger partial charge in [0.2, 0.25) is 0 Å². The Hall–Kier alpha value is -0.160. The van der Waals surface area contributed by atoms with Crippen LogP contribution in [0.5, 0.6) is 0 Å². The largest absolute Gasteiger partial charge is 0.379 e. The highest BCUT2D eigenvalue weighted by Gasteiger charge is 2.30. The molecule has 4 heteroatoms. The van der Waals surface area contributed by atoms with Crippen LogP contribution in [0.1, 0.15) is 26.7 Å². The van der Waals surface area contributed by atoms with E-state index in [4.69, 9.17) is 9.47 Å². The molecule has 18 heavy (non-hydrogen) atoms. The summed E-state index contributed by atoms with van der Waals surface area (Å²) in [5, 5.41) is 3.54. The Morgan fingerprint density at radius 2 is 2.00 bits per heavy atom.